The van der Waals surface area contributed by atoms with Gasteiger partial charge in [-0.2, -0.15) is 4.31 Å². The van der Waals surface area contributed by atoms with Gasteiger partial charge in [0.2, 0.25) is 10.0 Å². The molecule has 12 heteroatoms. The van der Waals surface area contributed by atoms with Gasteiger partial charge >= 0.3 is 6.36 Å². The van der Waals surface area contributed by atoms with E-state index in [1.54, 1.807) is 0 Å². The monoisotopic (exact) mass is 446 g/mol. The van der Waals surface area contributed by atoms with Crippen molar-refractivity contribution in [2.75, 3.05) is 13.1 Å². The molecule has 30 heavy (non-hydrogen) atoms. The molecule has 0 aliphatic carbocycles. The summed E-state index contributed by atoms with van der Waals surface area (Å²) in [5, 5.41) is 4.08. The summed E-state index contributed by atoms with van der Waals surface area (Å²) in [6.45, 7) is 2.49. The highest BCUT2D eigenvalue weighted by Crippen LogP contribution is 2.26. The number of piperidine rings is 1. The lowest BCUT2D eigenvalue weighted by Crippen LogP contribution is -2.38. The Hall–Kier alpha value is -2.60. The van der Waals surface area contributed by atoms with Crippen LogP contribution in [0.1, 0.15) is 24.4 Å². The Kier molecular flexibility index (Phi) is 6.36. The number of oxime groups is 1. The van der Waals surface area contributed by atoms with Gasteiger partial charge in [0.1, 0.15) is 11.6 Å². The number of halogens is 3. The fraction of sp³-hybridized carbons (Fsp3) is 0.444. The quantitative estimate of drug-likeness (QED) is 0.637. The number of aromatic nitrogens is 2. The maximum Gasteiger partial charge on any atom is 0.573 e. The lowest BCUT2D eigenvalue weighted by Gasteiger charge is -2.26. The Morgan fingerprint density at radius 2 is 1.80 bits per heavy atom. The number of hydrogen-bond donors (Lipinski definition) is 0. The van der Waals surface area contributed by atoms with E-state index in [2.05, 4.69) is 14.9 Å². The van der Waals surface area contributed by atoms with Gasteiger partial charge in [0, 0.05) is 39.2 Å². The number of benzene rings is 1. The zero-order valence-corrected chi connectivity index (χ0v) is 17.2. The number of nitrogens with zero attached hydrogens (tertiary/aromatic N) is 4. The number of rotatable bonds is 6. The average molecular weight is 446 g/mol. The minimum atomic E-state index is -4.83. The molecule has 164 valence electrons. The smallest absolute Gasteiger partial charge is 0.406 e. The highest BCUT2D eigenvalue weighted by atomic mass is 32.2. The summed E-state index contributed by atoms with van der Waals surface area (Å²) in [4.78, 5) is 9.55. The first-order valence-corrected chi connectivity index (χ1v) is 10.5. The topological polar surface area (TPSA) is 86.0 Å². The molecule has 2 heterocycles. The van der Waals surface area contributed by atoms with Gasteiger partial charge in [-0.1, -0.05) is 5.16 Å². The van der Waals surface area contributed by atoms with Gasteiger partial charge < -0.3 is 14.1 Å². The Morgan fingerprint density at radius 3 is 2.33 bits per heavy atom. The van der Waals surface area contributed by atoms with Crippen molar-refractivity contribution in [3.8, 4) is 5.75 Å². The van der Waals surface area contributed by atoms with Crippen molar-refractivity contribution in [1.29, 1.82) is 0 Å². The average Bonchev–Trinajstić information content (AvgIpc) is 2.98. The molecule has 0 radical (unpaired) electrons. The van der Waals surface area contributed by atoms with E-state index in [9.17, 15) is 21.6 Å². The number of sulfonamides is 1. The van der Waals surface area contributed by atoms with Gasteiger partial charge in [0.05, 0.1) is 16.3 Å². The molecule has 0 bridgehead atoms. The van der Waals surface area contributed by atoms with Crippen LogP contribution in [0.15, 0.2) is 40.5 Å². The standard InChI is InChI=1S/C18H21F3N4O4S/c1-13-11-24(2)17(22-13)12-28-23-14-7-9-25(10-8-14)30(26,27)16-5-3-15(4-6-16)29-18(19,20)21/h3-6,11H,7-10,12H2,1-2H3. The van der Waals surface area contributed by atoms with Crippen LogP contribution in [-0.4, -0.2) is 47.4 Å². The molecule has 0 saturated carbocycles. The van der Waals surface area contributed by atoms with E-state index in [4.69, 9.17) is 4.84 Å². The molecule has 1 aliphatic heterocycles. The number of alkyl halides is 3. The maximum absolute atomic E-state index is 12.7. The molecule has 0 atom stereocenters. The first-order chi connectivity index (χ1) is 14.0. The maximum atomic E-state index is 12.7. The Morgan fingerprint density at radius 1 is 1.17 bits per heavy atom. The van der Waals surface area contributed by atoms with Crippen LogP contribution in [-0.2, 0) is 28.5 Å². The van der Waals surface area contributed by atoms with Crippen molar-refractivity contribution in [2.24, 2.45) is 12.2 Å². The van der Waals surface area contributed by atoms with E-state index >= 15 is 0 Å². The van der Waals surface area contributed by atoms with Gasteiger partial charge in [0.25, 0.3) is 0 Å². The predicted octanol–water partition coefficient (Wildman–Crippen LogP) is 2.98. The van der Waals surface area contributed by atoms with E-state index in [1.165, 1.54) is 4.31 Å². The predicted molar refractivity (Wildman–Crippen MR) is 101 cm³/mol. The van der Waals surface area contributed by atoms with Crippen LogP contribution in [0.2, 0.25) is 0 Å². The highest BCUT2D eigenvalue weighted by Gasteiger charge is 2.32. The molecule has 1 aromatic carbocycles. The van der Waals surface area contributed by atoms with E-state index in [0.29, 0.717) is 12.8 Å². The minimum absolute atomic E-state index is 0.0983. The summed E-state index contributed by atoms with van der Waals surface area (Å²) in [6.07, 6.45) is -2.17. The molecule has 8 nitrogen and oxygen atoms in total. The van der Waals surface area contributed by atoms with E-state index in [1.807, 2.05) is 24.7 Å². The minimum Gasteiger partial charge on any atom is -0.406 e. The molecule has 1 aromatic heterocycles. The zero-order chi connectivity index (χ0) is 21.9. The third-order valence-corrected chi connectivity index (χ3v) is 6.39. The third-order valence-electron chi connectivity index (χ3n) is 4.47. The summed E-state index contributed by atoms with van der Waals surface area (Å²) in [5.41, 5.74) is 1.61. The fourth-order valence-corrected chi connectivity index (χ4v) is 4.46. The fourth-order valence-electron chi connectivity index (χ4n) is 3.02. The molecular weight excluding hydrogens is 425 g/mol. The largest absolute Gasteiger partial charge is 0.573 e. The van der Waals surface area contributed by atoms with Gasteiger partial charge in [-0.05, 0) is 31.2 Å². The van der Waals surface area contributed by atoms with Gasteiger partial charge in [-0.15, -0.1) is 13.2 Å². The Balaban J connectivity index is 1.56. The molecule has 0 unspecified atom stereocenters. The number of hydrogen-bond acceptors (Lipinski definition) is 6. The van der Waals surface area contributed by atoms with E-state index in [0.717, 1.165) is 41.5 Å². The first-order valence-electron chi connectivity index (χ1n) is 9.07. The zero-order valence-electron chi connectivity index (χ0n) is 16.4. The van der Waals surface area contributed by atoms with Gasteiger partial charge in [-0.25, -0.2) is 13.4 Å². The highest BCUT2D eigenvalue weighted by molar-refractivity contribution is 7.89. The Bertz CT molecular complexity index is 1010. The third kappa shape index (κ3) is 5.51. The molecule has 1 saturated heterocycles. The van der Waals surface area contributed by atoms with Gasteiger partial charge in [-0.3, -0.25) is 0 Å². The van der Waals surface area contributed by atoms with Crippen molar-refractivity contribution in [3.63, 3.8) is 0 Å². The molecule has 1 aliphatic rings. The van der Waals surface area contributed by atoms with Crippen LogP contribution < -0.4 is 4.74 Å². The second kappa shape index (κ2) is 8.64. The van der Waals surface area contributed by atoms with Crippen molar-refractivity contribution in [2.45, 2.75) is 37.6 Å². The molecule has 0 N–H and O–H groups in total. The van der Waals surface area contributed by atoms with Crippen LogP contribution in [0.25, 0.3) is 0 Å². The molecule has 0 amide bonds. The molecule has 2 aromatic rings. The number of imidazole rings is 1. The number of ether oxygens (including phenoxy) is 1. The first kappa shape index (κ1) is 22.1. The summed E-state index contributed by atoms with van der Waals surface area (Å²) in [7, 11) is -1.97. The summed E-state index contributed by atoms with van der Waals surface area (Å²) >= 11 is 0. The van der Waals surface area contributed by atoms with Crippen molar-refractivity contribution >= 4 is 15.7 Å². The van der Waals surface area contributed by atoms with Crippen LogP contribution in [0.3, 0.4) is 0 Å². The van der Waals surface area contributed by atoms with Crippen molar-refractivity contribution < 1.29 is 31.2 Å². The van der Waals surface area contributed by atoms with E-state index < -0.39 is 22.1 Å². The van der Waals surface area contributed by atoms with Crippen LogP contribution in [0.5, 0.6) is 5.75 Å². The van der Waals surface area contributed by atoms with Crippen molar-refractivity contribution in [1.82, 2.24) is 13.9 Å². The molecule has 0 spiro atoms. The van der Waals surface area contributed by atoms with Crippen LogP contribution in [0, 0.1) is 6.92 Å². The summed E-state index contributed by atoms with van der Waals surface area (Å²) < 4.78 is 69.0. The molecular formula is C18H21F3N4O4S. The Labute approximate surface area is 171 Å². The summed E-state index contributed by atoms with van der Waals surface area (Å²) in [5.74, 6) is 0.254. The second-order valence-electron chi connectivity index (χ2n) is 6.76. The van der Waals surface area contributed by atoms with Crippen molar-refractivity contribution in [3.05, 3.63) is 42.0 Å². The lowest BCUT2D eigenvalue weighted by molar-refractivity contribution is -0.274. The molecule has 1 fully saturated rings. The van der Waals surface area contributed by atoms with E-state index in [-0.39, 0.29) is 24.6 Å². The normalized spacial score (nSPS) is 15.8. The number of aryl methyl sites for hydroxylation is 2. The molecule has 3 rings (SSSR count). The summed E-state index contributed by atoms with van der Waals surface area (Å²) in [6, 6.07) is 4.14. The van der Waals surface area contributed by atoms with Crippen LogP contribution >= 0.6 is 0 Å². The lowest BCUT2D eigenvalue weighted by atomic mass is 10.1. The second-order valence-corrected chi connectivity index (χ2v) is 8.70. The van der Waals surface area contributed by atoms with Crippen LogP contribution in [0.4, 0.5) is 13.2 Å². The van der Waals surface area contributed by atoms with Gasteiger partial charge in [0.15, 0.2) is 6.61 Å². The SMILES string of the molecule is Cc1cn(C)c(CON=C2CCN(S(=O)(=O)c3ccc(OC(F)(F)F)cc3)CC2)n1.